The van der Waals surface area contributed by atoms with Crippen LogP contribution in [-0.2, 0) is 6.42 Å². The molecular weight excluding hydrogens is 224 g/mol. The highest BCUT2D eigenvalue weighted by atomic mass is 16.5. The van der Waals surface area contributed by atoms with E-state index in [2.05, 4.69) is 48.5 Å². The summed E-state index contributed by atoms with van der Waals surface area (Å²) < 4.78 is 7.37. The number of aromatic nitrogens is 1. The summed E-state index contributed by atoms with van der Waals surface area (Å²) in [6, 6.07) is 6.91. The van der Waals surface area contributed by atoms with E-state index in [0.717, 1.165) is 18.7 Å². The summed E-state index contributed by atoms with van der Waals surface area (Å²) in [5.74, 6) is 0.892. The second-order valence-corrected chi connectivity index (χ2v) is 4.83. The van der Waals surface area contributed by atoms with Gasteiger partial charge in [0.05, 0.1) is 13.3 Å². The summed E-state index contributed by atoms with van der Waals surface area (Å²) >= 11 is 0. The van der Waals surface area contributed by atoms with Crippen LogP contribution in [0.25, 0.3) is 5.52 Å². The molecule has 0 spiro atoms. The number of methoxy groups -OCH3 is 1. The molecule has 2 rings (SSSR count). The first-order chi connectivity index (χ1) is 8.65. The Hall–Kier alpha value is -1.48. The van der Waals surface area contributed by atoms with Crippen molar-refractivity contribution in [2.75, 3.05) is 20.7 Å². The number of ether oxygens (including phenoxy) is 1. The van der Waals surface area contributed by atoms with Crippen LogP contribution in [0.2, 0.25) is 0 Å². The van der Waals surface area contributed by atoms with Crippen LogP contribution in [0.5, 0.6) is 5.75 Å². The van der Waals surface area contributed by atoms with Crippen molar-refractivity contribution < 1.29 is 4.74 Å². The van der Waals surface area contributed by atoms with Gasteiger partial charge in [0, 0.05) is 17.8 Å². The summed E-state index contributed by atoms with van der Waals surface area (Å²) in [5.41, 5.74) is 2.66. The molecule has 3 heteroatoms. The zero-order valence-corrected chi connectivity index (χ0v) is 11.7. The molecule has 0 amide bonds. The van der Waals surface area contributed by atoms with Gasteiger partial charge in [-0.15, -0.1) is 0 Å². The Morgan fingerprint density at radius 3 is 2.78 bits per heavy atom. The third-order valence-corrected chi connectivity index (χ3v) is 3.72. The van der Waals surface area contributed by atoms with Crippen LogP contribution in [0.1, 0.15) is 19.4 Å². The second-order valence-electron chi connectivity index (χ2n) is 4.83. The highest BCUT2D eigenvalue weighted by molar-refractivity contribution is 5.57. The average molecular weight is 246 g/mol. The number of nitrogens with zero attached hydrogens (tertiary/aromatic N) is 2. The zero-order chi connectivity index (χ0) is 13.1. The van der Waals surface area contributed by atoms with E-state index in [9.17, 15) is 0 Å². The molecule has 0 saturated carbocycles. The SMILES string of the molecule is CCN(C)C(C)Cc1ccn2cc(OC)ccc12. The maximum absolute atomic E-state index is 5.24. The maximum Gasteiger partial charge on any atom is 0.135 e. The van der Waals surface area contributed by atoms with Crippen molar-refractivity contribution in [3.05, 3.63) is 36.2 Å². The van der Waals surface area contributed by atoms with Crippen molar-refractivity contribution in [1.29, 1.82) is 0 Å². The molecule has 0 bridgehead atoms. The van der Waals surface area contributed by atoms with Gasteiger partial charge in [0.15, 0.2) is 0 Å². The van der Waals surface area contributed by atoms with Gasteiger partial charge in [0.2, 0.25) is 0 Å². The van der Waals surface area contributed by atoms with Crippen molar-refractivity contribution in [3.8, 4) is 5.75 Å². The van der Waals surface area contributed by atoms with Crippen LogP contribution >= 0.6 is 0 Å². The number of likely N-dealkylation sites (N-methyl/N-ethyl adjacent to an activating group) is 1. The van der Waals surface area contributed by atoms with Crippen LogP contribution in [0.4, 0.5) is 0 Å². The lowest BCUT2D eigenvalue weighted by molar-refractivity contribution is 0.270. The van der Waals surface area contributed by atoms with E-state index in [1.54, 1.807) is 7.11 Å². The molecule has 0 aliphatic heterocycles. The monoisotopic (exact) mass is 246 g/mol. The molecule has 98 valence electrons. The Bertz CT molecular complexity index is 518. The number of pyridine rings is 1. The second kappa shape index (κ2) is 5.44. The lowest BCUT2D eigenvalue weighted by Gasteiger charge is -2.22. The Balaban J connectivity index is 2.24. The number of fused-ring (bicyclic) bond motifs is 1. The molecule has 0 saturated heterocycles. The predicted octanol–water partition coefficient (Wildman–Crippen LogP) is 2.83. The number of rotatable bonds is 5. The fourth-order valence-electron chi connectivity index (χ4n) is 2.23. The minimum atomic E-state index is 0.559. The van der Waals surface area contributed by atoms with Gasteiger partial charge in [0.1, 0.15) is 5.75 Å². The molecule has 0 N–H and O–H groups in total. The van der Waals surface area contributed by atoms with Crippen molar-refractivity contribution in [3.63, 3.8) is 0 Å². The van der Waals surface area contributed by atoms with Crippen molar-refractivity contribution >= 4 is 5.52 Å². The topological polar surface area (TPSA) is 16.9 Å². The Morgan fingerprint density at radius 1 is 1.33 bits per heavy atom. The van der Waals surface area contributed by atoms with Crippen LogP contribution in [0.15, 0.2) is 30.6 Å². The average Bonchev–Trinajstić information content (AvgIpc) is 2.80. The summed E-state index contributed by atoms with van der Waals surface area (Å²) in [6.45, 7) is 5.55. The molecule has 0 aliphatic rings. The highest BCUT2D eigenvalue weighted by Gasteiger charge is 2.11. The fourth-order valence-corrected chi connectivity index (χ4v) is 2.23. The van der Waals surface area contributed by atoms with E-state index in [1.807, 2.05) is 12.3 Å². The van der Waals surface area contributed by atoms with E-state index < -0.39 is 0 Å². The standard InChI is InChI=1S/C15H22N2O/c1-5-16(3)12(2)10-13-8-9-17-11-14(18-4)6-7-15(13)17/h6-9,11-12H,5,10H2,1-4H3. The molecule has 0 aromatic carbocycles. The van der Waals surface area contributed by atoms with Gasteiger partial charge in [-0.25, -0.2) is 0 Å². The first kappa shape index (κ1) is 13.0. The lowest BCUT2D eigenvalue weighted by atomic mass is 10.1. The van der Waals surface area contributed by atoms with Gasteiger partial charge in [-0.3, -0.25) is 0 Å². The van der Waals surface area contributed by atoms with Crippen LogP contribution in [0, 0.1) is 0 Å². The molecular formula is C15H22N2O. The quantitative estimate of drug-likeness (QED) is 0.807. The first-order valence-corrected chi connectivity index (χ1v) is 6.49. The predicted molar refractivity (Wildman–Crippen MR) is 75.4 cm³/mol. The molecule has 1 atom stereocenters. The molecule has 0 radical (unpaired) electrons. The Kier molecular flexibility index (Phi) is 3.92. The van der Waals surface area contributed by atoms with Crippen molar-refractivity contribution in [2.24, 2.45) is 0 Å². The highest BCUT2D eigenvalue weighted by Crippen LogP contribution is 2.19. The Labute approximate surface area is 109 Å². The van der Waals surface area contributed by atoms with E-state index in [1.165, 1.54) is 11.1 Å². The van der Waals surface area contributed by atoms with E-state index in [4.69, 9.17) is 4.74 Å². The molecule has 1 unspecified atom stereocenters. The molecule has 0 aliphatic carbocycles. The molecule has 2 aromatic heterocycles. The van der Waals surface area contributed by atoms with Gasteiger partial charge in [-0.05, 0) is 50.7 Å². The third kappa shape index (κ3) is 2.51. The molecule has 18 heavy (non-hydrogen) atoms. The smallest absolute Gasteiger partial charge is 0.135 e. The van der Waals surface area contributed by atoms with Gasteiger partial charge in [0.25, 0.3) is 0 Å². The maximum atomic E-state index is 5.24. The minimum absolute atomic E-state index is 0.559. The fraction of sp³-hybridized carbons (Fsp3) is 0.467. The third-order valence-electron chi connectivity index (χ3n) is 3.72. The van der Waals surface area contributed by atoms with Gasteiger partial charge in [-0.2, -0.15) is 0 Å². The van der Waals surface area contributed by atoms with Crippen molar-refractivity contribution in [1.82, 2.24) is 9.30 Å². The van der Waals surface area contributed by atoms with Gasteiger partial charge >= 0.3 is 0 Å². The zero-order valence-electron chi connectivity index (χ0n) is 11.7. The normalized spacial score (nSPS) is 13.2. The van der Waals surface area contributed by atoms with Crippen LogP contribution < -0.4 is 4.74 Å². The molecule has 2 heterocycles. The number of hydrogen-bond acceptors (Lipinski definition) is 2. The summed E-state index contributed by atoms with van der Waals surface area (Å²) in [7, 11) is 3.87. The van der Waals surface area contributed by atoms with Gasteiger partial charge < -0.3 is 14.0 Å². The van der Waals surface area contributed by atoms with Crippen molar-refractivity contribution in [2.45, 2.75) is 26.3 Å². The molecule has 2 aromatic rings. The molecule has 0 fully saturated rings. The van der Waals surface area contributed by atoms with Crippen LogP contribution in [-0.4, -0.2) is 36.0 Å². The van der Waals surface area contributed by atoms with E-state index in [0.29, 0.717) is 6.04 Å². The first-order valence-electron chi connectivity index (χ1n) is 6.49. The summed E-state index contributed by atoms with van der Waals surface area (Å²) in [4.78, 5) is 2.37. The molecule has 3 nitrogen and oxygen atoms in total. The summed E-state index contributed by atoms with van der Waals surface area (Å²) in [5, 5.41) is 0. The largest absolute Gasteiger partial charge is 0.495 e. The lowest BCUT2D eigenvalue weighted by Crippen LogP contribution is -2.30. The van der Waals surface area contributed by atoms with Crippen LogP contribution in [0.3, 0.4) is 0 Å². The van der Waals surface area contributed by atoms with E-state index >= 15 is 0 Å². The van der Waals surface area contributed by atoms with E-state index in [-0.39, 0.29) is 0 Å². The summed E-state index contributed by atoms with van der Waals surface area (Å²) in [6.07, 6.45) is 5.20. The minimum Gasteiger partial charge on any atom is -0.495 e. The van der Waals surface area contributed by atoms with Gasteiger partial charge in [-0.1, -0.05) is 6.92 Å². The number of hydrogen-bond donors (Lipinski definition) is 0. The Morgan fingerprint density at radius 2 is 2.11 bits per heavy atom.